The molecule has 0 N–H and O–H groups in total. The number of benzene rings is 1. The van der Waals surface area contributed by atoms with Crippen LogP contribution in [0.5, 0.6) is 5.75 Å². The van der Waals surface area contributed by atoms with Gasteiger partial charge in [-0.05, 0) is 12.1 Å². The monoisotopic (exact) mass is 283 g/mol. The summed E-state index contributed by atoms with van der Waals surface area (Å²) in [6.07, 6.45) is 1.47. The van der Waals surface area contributed by atoms with Crippen LogP contribution in [0.25, 0.3) is 10.6 Å². The van der Waals surface area contributed by atoms with E-state index in [-0.39, 0.29) is 0 Å². The third-order valence-corrected chi connectivity index (χ3v) is 3.61. The van der Waals surface area contributed by atoms with Crippen molar-refractivity contribution in [2.75, 3.05) is 14.2 Å². The molecular weight excluding hydrogens is 274 g/mol. The van der Waals surface area contributed by atoms with Crippen LogP contribution in [-0.2, 0) is 4.74 Å². The minimum Gasteiger partial charge on any atom is -0.496 e. The summed E-state index contributed by atoms with van der Waals surface area (Å²) in [5.74, 6) is 0.207. The number of rotatable bonds is 3. The molecule has 0 spiro atoms. The number of nitrogens with zero attached hydrogens (tertiary/aromatic N) is 1. The van der Waals surface area contributed by atoms with Gasteiger partial charge in [0.1, 0.15) is 15.6 Å². The normalized spacial score (nSPS) is 10.2. The van der Waals surface area contributed by atoms with Gasteiger partial charge < -0.3 is 9.47 Å². The number of hydrogen-bond acceptors (Lipinski definition) is 5. The van der Waals surface area contributed by atoms with Crippen LogP contribution >= 0.6 is 22.9 Å². The molecular formula is C12H10ClNO3S. The summed E-state index contributed by atoms with van der Waals surface area (Å²) in [6, 6.07) is 5.33. The van der Waals surface area contributed by atoms with Crippen LogP contribution in [0.2, 0.25) is 5.02 Å². The highest BCUT2D eigenvalue weighted by Crippen LogP contribution is 2.38. The van der Waals surface area contributed by atoms with E-state index in [4.69, 9.17) is 16.3 Å². The van der Waals surface area contributed by atoms with E-state index in [0.717, 1.165) is 0 Å². The molecule has 1 aromatic carbocycles. The first kappa shape index (κ1) is 12.9. The zero-order valence-electron chi connectivity index (χ0n) is 9.77. The molecule has 0 aliphatic heterocycles. The number of ether oxygens (including phenoxy) is 2. The van der Waals surface area contributed by atoms with Crippen LogP contribution in [0.1, 0.15) is 9.67 Å². The van der Waals surface area contributed by atoms with E-state index < -0.39 is 5.97 Å². The van der Waals surface area contributed by atoms with Gasteiger partial charge in [-0.15, -0.1) is 11.3 Å². The van der Waals surface area contributed by atoms with Crippen molar-refractivity contribution in [3.8, 4) is 16.3 Å². The first-order chi connectivity index (χ1) is 8.67. The maximum absolute atomic E-state index is 11.4. The van der Waals surface area contributed by atoms with E-state index in [1.165, 1.54) is 24.6 Å². The summed E-state index contributed by atoms with van der Waals surface area (Å²) < 4.78 is 9.88. The molecule has 0 aliphatic rings. The lowest BCUT2D eigenvalue weighted by molar-refractivity contribution is 0.0606. The first-order valence-corrected chi connectivity index (χ1v) is 6.24. The summed E-state index contributed by atoms with van der Waals surface area (Å²) in [4.78, 5) is 16.0. The first-order valence-electron chi connectivity index (χ1n) is 5.04. The van der Waals surface area contributed by atoms with Gasteiger partial charge in [0.2, 0.25) is 0 Å². The highest BCUT2D eigenvalue weighted by atomic mass is 35.5. The van der Waals surface area contributed by atoms with E-state index in [9.17, 15) is 4.79 Å². The van der Waals surface area contributed by atoms with E-state index in [1.54, 1.807) is 25.3 Å². The Balaban J connectivity index is 2.49. The molecule has 18 heavy (non-hydrogen) atoms. The molecule has 0 saturated carbocycles. The van der Waals surface area contributed by atoms with Crippen LogP contribution in [0.15, 0.2) is 24.4 Å². The second kappa shape index (κ2) is 5.37. The van der Waals surface area contributed by atoms with Gasteiger partial charge in [0.15, 0.2) is 0 Å². The molecule has 94 valence electrons. The molecule has 0 atom stereocenters. The summed E-state index contributed by atoms with van der Waals surface area (Å²) in [6.45, 7) is 0. The molecule has 2 aromatic rings. The van der Waals surface area contributed by atoms with E-state index in [0.29, 0.717) is 26.2 Å². The van der Waals surface area contributed by atoms with Crippen LogP contribution in [0.4, 0.5) is 0 Å². The molecule has 0 unspecified atom stereocenters. The SMILES string of the molecule is COC(=O)c1cnc(-c2c(Cl)cccc2OC)s1. The highest BCUT2D eigenvalue weighted by Gasteiger charge is 2.17. The average Bonchev–Trinajstić information content (AvgIpc) is 2.86. The topological polar surface area (TPSA) is 48.4 Å². The number of thiazole rings is 1. The Morgan fingerprint density at radius 2 is 2.17 bits per heavy atom. The number of carbonyl (C=O) groups is 1. The molecule has 1 heterocycles. The summed E-state index contributed by atoms with van der Waals surface area (Å²) in [5.41, 5.74) is 0.682. The number of esters is 1. The molecule has 0 aliphatic carbocycles. The van der Waals surface area contributed by atoms with E-state index in [1.807, 2.05) is 0 Å². The average molecular weight is 284 g/mol. The van der Waals surface area contributed by atoms with Crippen LogP contribution < -0.4 is 4.74 Å². The van der Waals surface area contributed by atoms with E-state index in [2.05, 4.69) is 9.72 Å². The number of halogens is 1. The maximum Gasteiger partial charge on any atom is 0.349 e. The van der Waals surface area contributed by atoms with Crippen molar-refractivity contribution >= 4 is 28.9 Å². The minimum atomic E-state index is -0.412. The standard InChI is InChI=1S/C12H10ClNO3S/c1-16-8-5-3-4-7(13)10(8)11-14-6-9(18-11)12(15)17-2/h3-6H,1-2H3. The van der Waals surface area contributed by atoms with Gasteiger partial charge in [0.05, 0.1) is 31.0 Å². The smallest absolute Gasteiger partial charge is 0.349 e. The fourth-order valence-electron chi connectivity index (χ4n) is 1.47. The zero-order valence-corrected chi connectivity index (χ0v) is 11.3. The van der Waals surface area contributed by atoms with Crippen molar-refractivity contribution in [3.05, 3.63) is 34.3 Å². The van der Waals surface area contributed by atoms with Gasteiger partial charge in [-0.1, -0.05) is 17.7 Å². The number of aromatic nitrogens is 1. The second-order valence-corrected chi connectivity index (χ2v) is 4.78. The summed E-state index contributed by atoms with van der Waals surface area (Å²) >= 11 is 7.35. The van der Waals surface area contributed by atoms with Gasteiger partial charge >= 0.3 is 5.97 Å². The van der Waals surface area contributed by atoms with E-state index >= 15 is 0 Å². The third kappa shape index (κ3) is 2.32. The lowest BCUT2D eigenvalue weighted by Crippen LogP contribution is -1.96. The van der Waals surface area contributed by atoms with Crippen LogP contribution in [0.3, 0.4) is 0 Å². The molecule has 1 aromatic heterocycles. The Kier molecular flexibility index (Phi) is 3.84. The van der Waals surface area contributed by atoms with Gasteiger partial charge in [-0.25, -0.2) is 9.78 Å². The summed E-state index contributed by atoms with van der Waals surface area (Å²) in [5, 5.41) is 1.15. The number of hydrogen-bond donors (Lipinski definition) is 0. The van der Waals surface area contributed by atoms with Crippen molar-refractivity contribution < 1.29 is 14.3 Å². The predicted molar refractivity (Wildman–Crippen MR) is 70.5 cm³/mol. The largest absolute Gasteiger partial charge is 0.496 e. The summed E-state index contributed by atoms with van der Waals surface area (Å²) in [7, 11) is 2.89. The second-order valence-electron chi connectivity index (χ2n) is 3.34. The molecule has 6 heteroatoms. The maximum atomic E-state index is 11.4. The zero-order chi connectivity index (χ0) is 13.1. The predicted octanol–water partition coefficient (Wildman–Crippen LogP) is 3.26. The molecule has 2 rings (SSSR count). The molecule has 0 amide bonds. The van der Waals surface area contributed by atoms with Crippen LogP contribution in [-0.4, -0.2) is 25.2 Å². The fraction of sp³-hybridized carbons (Fsp3) is 0.167. The van der Waals surface area contributed by atoms with Gasteiger partial charge in [-0.2, -0.15) is 0 Å². The molecule has 4 nitrogen and oxygen atoms in total. The van der Waals surface area contributed by atoms with Crippen molar-refractivity contribution in [2.45, 2.75) is 0 Å². The third-order valence-electron chi connectivity index (χ3n) is 2.30. The van der Waals surface area contributed by atoms with Crippen molar-refractivity contribution in [1.82, 2.24) is 4.98 Å². The Hall–Kier alpha value is -1.59. The van der Waals surface area contributed by atoms with Gasteiger partial charge in [0, 0.05) is 0 Å². The molecule has 0 fully saturated rings. The molecule has 0 saturated heterocycles. The van der Waals surface area contributed by atoms with Gasteiger partial charge in [-0.3, -0.25) is 0 Å². The van der Waals surface area contributed by atoms with Crippen molar-refractivity contribution in [3.63, 3.8) is 0 Å². The number of carbonyl (C=O) groups excluding carboxylic acids is 1. The lowest BCUT2D eigenvalue weighted by atomic mass is 10.2. The Bertz CT molecular complexity index is 582. The Morgan fingerprint density at radius 1 is 1.39 bits per heavy atom. The molecule has 0 radical (unpaired) electrons. The highest BCUT2D eigenvalue weighted by molar-refractivity contribution is 7.16. The Morgan fingerprint density at radius 3 is 2.83 bits per heavy atom. The molecule has 0 bridgehead atoms. The minimum absolute atomic E-state index is 0.412. The lowest BCUT2D eigenvalue weighted by Gasteiger charge is -2.07. The van der Waals surface area contributed by atoms with Crippen molar-refractivity contribution in [2.24, 2.45) is 0 Å². The Labute approximate surface area is 113 Å². The van der Waals surface area contributed by atoms with Crippen LogP contribution in [0, 0.1) is 0 Å². The fourth-order valence-corrected chi connectivity index (χ4v) is 2.68. The quantitative estimate of drug-likeness (QED) is 0.811. The number of methoxy groups -OCH3 is 2. The van der Waals surface area contributed by atoms with Crippen molar-refractivity contribution in [1.29, 1.82) is 0 Å². The van der Waals surface area contributed by atoms with Gasteiger partial charge in [0.25, 0.3) is 0 Å².